The van der Waals surface area contributed by atoms with Crippen molar-refractivity contribution in [2.24, 2.45) is 5.92 Å². The number of ether oxygens (including phenoxy) is 1. The molecular weight excluding hydrogens is 416 g/mol. The zero-order valence-electron chi connectivity index (χ0n) is 17.6. The van der Waals surface area contributed by atoms with Gasteiger partial charge in [0.1, 0.15) is 23.1 Å². The average Bonchev–Trinajstić information content (AvgIpc) is 2.76. The molecule has 4 rings (SSSR count). The van der Waals surface area contributed by atoms with Crippen molar-refractivity contribution >= 4 is 11.7 Å². The lowest BCUT2D eigenvalue weighted by atomic mass is 9.93. The molecule has 1 aliphatic heterocycles. The summed E-state index contributed by atoms with van der Waals surface area (Å²) in [4.78, 5) is 20.9. The summed E-state index contributed by atoms with van der Waals surface area (Å²) in [5.41, 5.74) is 1.20. The number of halogens is 2. The number of nitrogens with zero attached hydrogens (tertiary/aromatic N) is 3. The summed E-state index contributed by atoms with van der Waals surface area (Å²) in [6, 6.07) is 11.4. The largest absolute Gasteiger partial charge is 0.481 e. The molecule has 0 spiro atoms. The Kier molecular flexibility index (Phi) is 6.30. The topological polar surface area (TPSA) is 75.5 Å². The van der Waals surface area contributed by atoms with Gasteiger partial charge < -0.3 is 14.7 Å². The molecule has 166 valence electrons. The van der Waals surface area contributed by atoms with Crippen molar-refractivity contribution in [2.75, 3.05) is 18.0 Å². The van der Waals surface area contributed by atoms with Crippen LogP contribution in [0.25, 0.3) is 11.4 Å². The smallest absolute Gasteiger partial charge is 0.303 e. The highest BCUT2D eigenvalue weighted by atomic mass is 19.1. The summed E-state index contributed by atoms with van der Waals surface area (Å²) in [6.07, 6.45) is 2.71. The van der Waals surface area contributed by atoms with E-state index >= 15 is 0 Å². The summed E-state index contributed by atoms with van der Waals surface area (Å²) in [6.45, 7) is 2.78. The van der Waals surface area contributed by atoms with Gasteiger partial charge >= 0.3 is 5.97 Å². The van der Waals surface area contributed by atoms with E-state index in [-0.39, 0.29) is 35.3 Å². The van der Waals surface area contributed by atoms with Gasteiger partial charge in [-0.1, -0.05) is 17.7 Å². The van der Waals surface area contributed by atoms with Crippen molar-refractivity contribution in [3.05, 3.63) is 65.9 Å². The van der Waals surface area contributed by atoms with Gasteiger partial charge in [0, 0.05) is 37.3 Å². The number of aliphatic carboxylic acids is 1. The first-order valence-corrected chi connectivity index (χ1v) is 10.4. The van der Waals surface area contributed by atoms with Crippen LogP contribution in [0.2, 0.25) is 0 Å². The Bertz CT molecular complexity index is 1090. The van der Waals surface area contributed by atoms with Gasteiger partial charge in [0.2, 0.25) is 5.88 Å². The Morgan fingerprint density at radius 2 is 1.78 bits per heavy atom. The Labute approximate surface area is 184 Å². The number of benzene rings is 2. The maximum absolute atomic E-state index is 14.9. The maximum Gasteiger partial charge on any atom is 0.303 e. The van der Waals surface area contributed by atoms with E-state index in [0.717, 1.165) is 5.56 Å². The van der Waals surface area contributed by atoms with Crippen LogP contribution in [0, 0.1) is 24.5 Å². The fourth-order valence-electron chi connectivity index (χ4n) is 3.87. The van der Waals surface area contributed by atoms with Crippen LogP contribution in [0.1, 0.15) is 24.8 Å². The fourth-order valence-corrected chi connectivity index (χ4v) is 3.87. The van der Waals surface area contributed by atoms with Crippen molar-refractivity contribution < 1.29 is 23.4 Å². The number of aryl methyl sites for hydroxylation is 1. The third kappa shape index (κ3) is 5.01. The van der Waals surface area contributed by atoms with Gasteiger partial charge in [-0.15, -0.1) is 0 Å². The van der Waals surface area contributed by atoms with E-state index in [1.807, 2.05) is 31.2 Å². The molecule has 1 aliphatic rings. The standard InChI is InChI=1S/C24H23F2N3O3/c1-15-2-4-18(5-3-15)32-21-6-9-27-24(28-21)17-13-19(25)23(20(26)14-17)29-10-7-16(8-11-29)12-22(30)31/h2-6,9,13-14,16H,7-8,10-12H2,1H3,(H,30,31). The number of carboxylic acid groups (broad SMARTS) is 1. The monoisotopic (exact) mass is 439 g/mol. The molecule has 0 aliphatic carbocycles. The second-order valence-corrected chi connectivity index (χ2v) is 7.95. The number of anilines is 1. The van der Waals surface area contributed by atoms with Gasteiger partial charge in [-0.2, -0.15) is 4.98 Å². The van der Waals surface area contributed by atoms with Gasteiger partial charge in [0.15, 0.2) is 5.82 Å². The number of hydrogen-bond donors (Lipinski definition) is 1. The highest BCUT2D eigenvalue weighted by Gasteiger charge is 2.26. The molecule has 1 saturated heterocycles. The molecule has 1 N–H and O–H groups in total. The zero-order valence-corrected chi connectivity index (χ0v) is 17.6. The van der Waals surface area contributed by atoms with E-state index in [2.05, 4.69) is 9.97 Å². The minimum absolute atomic E-state index is 0.0267. The molecule has 0 saturated carbocycles. The molecule has 0 amide bonds. The molecule has 3 aromatic rings. The second-order valence-electron chi connectivity index (χ2n) is 7.95. The summed E-state index contributed by atoms with van der Waals surface area (Å²) >= 11 is 0. The minimum Gasteiger partial charge on any atom is -0.481 e. The number of rotatable bonds is 6. The van der Waals surface area contributed by atoms with Crippen LogP contribution in [0.15, 0.2) is 48.7 Å². The van der Waals surface area contributed by atoms with Crippen molar-refractivity contribution in [1.82, 2.24) is 9.97 Å². The first kappa shape index (κ1) is 21.7. The Hall–Kier alpha value is -3.55. The van der Waals surface area contributed by atoms with Gasteiger partial charge in [0.05, 0.1) is 0 Å². The van der Waals surface area contributed by atoms with Gasteiger partial charge in [-0.25, -0.2) is 13.8 Å². The Balaban J connectivity index is 1.52. The average molecular weight is 439 g/mol. The highest BCUT2D eigenvalue weighted by Crippen LogP contribution is 2.32. The van der Waals surface area contributed by atoms with Crippen molar-refractivity contribution in [2.45, 2.75) is 26.2 Å². The van der Waals surface area contributed by atoms with E-state index in [4.69, 9.17) is 9.84 Å². The minimum atomic E-state index is -0.848. The van der Waals surface area contributed by atoms with Gasteiger partial charge in [-0.05, 0) is 49.9 Å². The molecule has 1 aromatic heterocycles. The summed E-state index contributed by atoms with van der Waals surface area (Å²) < 4.78 is 35.5. The lowest BCUT2D eigenvalue weighted by Gasteiger charge is -2.33. The molecule has 2 heterocycles. The summed E-state index contributed by atoms with van der Waals surface area (Å²) in [5.74, 6) is -1.21. The first-order chi connectivity index (χ1) is 15.4. The van der Waals surface area contributed by atoms with E-state index in [1.165, 1.54) is 18.3 Å². The number of carbonyl (C=O) groups is 1. The third-order valence-corrected chi connectivity index (χ3v) is 5.54. The quantitative estimate of drug-likeness (QED) is 0.568. The molecular formula is C24H23F2N3O3. The molecule has 1 fully saturated rings. The normalized spacial score (nSPS) is 14.4. The lowest BCUT2D eigenvalue weighted by molar-refractivity contribution is -0.138. The van der Waals surface area contributed by atoms with Crippen LogP contribution in [0.5, 0.6) is 11.6 Å². The molecule has 6 nitrogen and oxygen atoms in total. The number of piperidine rings is 1. The molecule has 32 heavy (non-hydrogen) atoms. The molecule has 0 bridgehead atoms. The number of hydrogen-bond acceptors (Lipinski definition) is 5. The highest BCUT2D eigenvalue weighted by molar-refractivity contribution is 5.67. The van der Waals surface area contributed by atoms with Crippen LogP contribution in [-0.2, 0) is 4.79 Å². The van der Waals surface area contributed by atoms with Crippen LogP contribution >= 0.6 is 0 Å². The lowest BCUT2D eigenvalue weighted by Crippen LogP contribution is -2.35. The SMILES string of the molecule is Cc1ccc(Oc2ccnc(-c3cc(F)c(N4CCC(CC(=O)O)CC4)c(F)c3)n2)cc1. The van der Waals surface area contributed by atoms with E-state index in [1.54, 1.807) is 11.0 Å². The predicted octanol–water partition coefficient (Wildman–Crippen LogP) is 5.21. The predicted molar refractivity (Wildman–Crippen MR) is 116 cm³/mol. The van der Waals surface area contributed by atoms with Gasteiger partial charge in [-0.3, -0.25) is 4.79 Å². The van der Waals surface area contributed by atoms with E-state index < -0.39 is 17.6 Å². The maximum atomic E-state index is 14.9. The molecule has 0 unspecified atom stereocenters. The summed E-state index contributed by atoms with van der Waals surface area (Å²) in [7, 11) is 0. The van der Waals surface area contributed by atoms with Gasteiger partial charge in [0.25, 0.3) is 0 Å². The Morgan fingerprint density at radius 1 is 1.12 bits per heavy atom. The first-order valence-electron chi connectivity index (χ1n) is 10.4. The molecule has 2 aromatic carbocycles. The second kappa shape index (κ2) is 9.30. The van der Waals surface area contributed by atoms with Crippen molar-refractivity contribution in [3.8, 4) is 23.0 Å². The zero-order chi connectivity index (χ0) is 22.7. The van der Waals surface area contributed by atoms with Crippen LogP contribution in [-0.4, -0.2) is 34.1 Å². The van der Waals surface area contributed by atoms with Crippen LogP contribution in [0.4, 0.5) is 14.5 Å². The fraction of sp³-hybridized carbons (Fsp3) is 0.292. The molecule has 8 heteroatoms. The van der Waals surface area contributed by atoms with Crippen molar-refractivity contribution in [1.29, 1.82) is 0 Å². The Morgan fingerprint density at radius 3 is 2.41 bits per heavy atom. The van der Waals surface area contributed by atoms with E-state index in [9.17, 15) is 13.6 Å². The van der Waals surface area contributed by atoms with Crippen molar-refractivity contribution in [3.63, 3.8) is 0 Å². The van der Waals surface area contributed by atoms with Crippen LogP contribution < -0.4 is 9.64 Å². The summed E-state index contributed by atoms with van der Waals surface area (Å²) in [5, 5.41) is 8.93. The van der Waals surface area contributed by atoms with Crippen LogP contribution in [0.3, 0.4) is 0 Å². The number of carboxylic acids is 1. The third-order valence-electron chi connectivity index (χ3n) is 5.54. The molecule has 0 atom stereocenters. The molecule has 0 radical (unpaired) electrons. The van der Waals surface area contributed by atoms with E-state index in [0.29, 0.717) is 31.7 Å². The number of aromatic nitrogens is 2.